The number of benzene rings is 3. The summed E-state index contributed by atoms with van der Waals surface area (Å²) >= 11 is 0.629. The molecule has 0 N–H and O–H groups in total. The van der Waals surface area contributed by atoms with Gasteiger partial charge in [0.1, 0.15) is 0 Å². The normalized spacial score (nSPS) is 13.2. The van der Waals surface area contributed by atoms with Gasteiger partial charge in [-0.3, -0.25) is 0 Å². The van der Waals surface area contributed by atoms with Gasteiger partial charge in [0.2, 0.25) is 0 Å². The molecule has 0 aliphatic heterocycles. The van der Waals surface area contributed by atoms with Gasteiger partial charge in [-0.1, -0.05) is 0 Å². The van der Waals surface area contributed by atoms with Crippen LogP contribution in [0.5, 0.6) is 0 Å². The van der Waals surface area contributed by atoms with Crippen molar-refractivity contribution in [3.8, 4) is 0 Å². The van der Waals surface area contributed by atoms with E-state index in [0.29, 0.717) is 11.3 Å². The Kier molecular flexibility index (Phi) is 7.41. The summed E-state index contributed by atoms with van der Waals surface area (Å²) in [6.45, 7) is 0. The first kappa shape index (κ1) is 22.3. The molecule has 0 saturated carbocycles. The standard InChI is InChI=1S/C24H27BrGeO2S/c1-26(2,22-14-5-3-6-15-22)24(29(27,28)23-16-7-4-8-17-23)18-10-12-20-11-9-13-21(25)19-20/h3-9,11,13-17,19,24H,10,12,18H2,1-2H3. The predicted molar refractivity (Wildman–Crippen MR) is 128 cm³/mol. The molecule has 0 bridgehead atoms. The van der Waals surface area contributed by atoms with E-state index in [1.165, 1.54) is 9.96 Å². The molecule has 1 atom stereocenters. The maximum absolute atomic E-state index is 13.7. The molecule has 0 radical (unpaired) electrons. The van der Waals surface area contributed by atoms with Gasteiger partial charge in [-0.05, 0) is 0 Å². The Morgan fingerprint density at radius 3 is 2.10 bits per heavy atom. The number of halogens is 1. The van der Waals surface area contributed by atoms with E-state index in [1.54, 1.807) is 12.1 Å². The Hall–Kier alpha value is -1.37. The third-order valence-corrected chi connectivity index (χ3v) is 20.8. The number of hydrogen-bond donors (Lipinski definition) is 0. The SMILES string of the molecule is [CH3][Ge]([CH3])([c]1ccccc1)[CH](CCCc1cccc(Br)c1)S(=O)(=O)c1ccccc1. The van der Waals surface area contributed by atoms with Crippen molar-refractivity contribution >= 4 is 43.4 Å². The van der Waals surface area contributed by atoms with Crippen molar-refractivity contribution in [2.75, 3.05) is 0 Å². The minimum atomic E-state index is -3.40. The van der Waals surface area contributed by atoms with Gasteiger partial charge in [-0.2, -0.15) is 0 Å². The third kappa shape index (κ3) is 5.41. The molecule has 0 spiro atoms. The average Bonchev–Trinajstić information content (AvgIpc) is 2.72. The van der Waals surface area contributed by atoms with Gasteiger partial charge in [-0.15, -0.1) is 0 Å². The van der Waals surface area contributed by atoms with E-state index in [4.69, 9.17) is 0 Å². The fraction of sp³-hybridized carbons (Fsp3) is 0.250. The molecule has 3 aromatic carbocycles. The molecule has 0 saturated heterocycles. The summed E-state index contributed by atoms with van der Waals surface area (Å²) in [5.41, 5.74) is 1.24. The number of hydrogen-bond acceptors (Lipinski definition) is 2. The van der Waals surface area contributed by atoms with Crippen molar-refractivity contribution < 1.29 is 8.42 Å². The van der Waals surface area contributed by atoms with Crippen molar-refractivity contribution in [3.05, 3.63) is 95.0 Å². The van der Waals surface area contributed by atoms with Crippen LogP contribution in [-0.2, 0) is 16.3 Å². The van der Waals surface area contributed by atoms with E-state index in [0.717, 1.165) is 17.3 Å². The number of rotatable bonds is 8. The van der Waals surface area contributed by atoms with Crippen LogP contribution >= 0.6 is 15.9 Å². The van der Waals surface area contributed by atoms with Crippen molar-refractivity contribution in [1.82, 2.24) is 0 Å². The van der Waals surface area contributed by atoms with Gasteiger partial charge >= 0.3 is 187 Å². The Morgan fingerprint density at radius 1 is 0.862 bits per heavy atom. The van der Waals surface area contributed by atoms with Gasteiger partial charge < -0.3 is 0 Å². The quantitative estimate of drug-likeness (QED) is 0.346. The van der Waals surface area contributed by atoms with Crippen LogP contribution in [0, 0.1) is 0 Å². The van der Waals surface area contributed by atoms with E-state index < -0.39 is 23.1 Å². The van der Waals surface area contributed by atoms with Crippen LogP contribution in [0.4, 0.5) is 0 Å². The van der Waals surface area contributed by atoms with Gasteiger partial charge in [0.25, 0.3) is 0 Å². The maximum atomic E-state index is 13.7. The first-order valence-corrected chi connectivity index (χ1v) is 18.7. The summed E-state index contributed by atoms with van der Waals surface area (Å²) in [4.78, 5) is 0.446. The third-order valence-electron chi connectivity index (χ3n) is 5.59. The van der Waals surface area contributed by atoms with Crippen LogP contribution in [0.15, 0.2) is 94.3 Å². The summed E-state index contributed by atoms with van der Waals surface area (Å²) in [5, 5.41) is 0. The Balaban J connectivity index is 1.91. The van der Waals surface area contributed by atoms with E-state index >= 15 is 0 Å². The van der Waals surface area contributed by atoms with Crippen molar-refractivity contribution in [2.24, 2.45) is 0 Å². The molecule has 0 amide bonds. The van der Waals surface area contributed by atoms with E-state index in [2.05, 4.69) is 51.7 Å². The van der Waals surface area contributed by atoms with Crippen LogP contribution in [0.2, 0.25) is 11.5 Å². The van der Waals surface area contributed by atoms with Crippen LogP contribution in [0.3, 0.4) is 0 Å². The second-order valence-corrected chi connectivity index (χ2v) is 21.8. The molecule has 3 rings (SSSR count). The Labute approximate surface area is 185 Å². The van der Waals surface area contributed by atoms with Crippen molar-refractivity contribution in [1.29, 1.82) is 0 Å². The predicted octanol–water partition coefficient (Wildman–Crippen LogP) is 5.77. The molecule has 0 aliphatic rings. The molecule has 0 fully saturated rings. The summed E-state index contributed by atoms with van der Waals surface area (Å²) in [6, 6.07) is 27.5. The topological polar surface area (TPSA) is 34.1 Å². The average molecular weight is 532 g/mol. The van der Waals surface area contributed by atoms with Crippen molar-refractivity contribution in [2.45, 2.75) is 39.8 Å². The molecular formula is C24H27BrGeO2S. The molecule has 1 unspecified atom stereocenters. The molecule has 0 aliphatic carbocycles. The molecular weight excluding hydrogens is 505 g/mol. The molecule has 3 aromatic rings. The van der Waals surface area contributed by atoms with E-state index in [1.807, 2.05) is 48.5 Å². The zero-order chi connectivity index (χ0) is 20.9. The summed E-state index contributed by atoms with van der Waals surface area (Å²) in [6.07, 6.45) is 2.42. The first-order valence-electron chi connectivity index (χ1n) is 9.91. The second-order valence-electron chi connectivity index (χ2n) is 7.96. The van der Waals surface area contributed by atoms with Gasteiger partial charge in [-0.25, -0.2) is 0 Å². The number of sulfone groups is 1. The van der Waals surface area contributed by atoms with Gasteiger partial charge in [0, 0.05) is 0 Å². The molecule has 5 heteroatoms. The Morgan fingerprint density at radius 2 is 1.48 bits per heavy atom. The fourth-order valence-electron chi connectivity index (χ4n) is 3.92. The van der Waals surface area contributed by atoms with Crippen molar-refractivity contribution in [3.63, 3.8) is 0 Å². The molecule has 152 valence electrons. The fourth-order valence-corrected chi connectivity index (χ4v) is 17.9. The van der Waals surface area contributed by atoms with Crippen LogP contribution in [0.1, 0.15) is 18.4 Å². The summed E-state index contributed by atoms with van der Waals surface area (Å²) in [5.74, 6) is 4.47. The first-order chi connectivity index (χ1) is 13.8. The second kappa shape index (κ2) is 9.63. The minimum absolute atomic E-state index is 0.320. The summed E-state index contributed by atoms with van der Waals surface area (Å²) in [7, 11) is -3.40. The molecule has 2 nitrogen and oxygen atoms in total. The van der Waals surface area contributed by atoms with E-state index in [-0.39, 0.29) is 4.08 Å². The van der Waals surface area contributed by atoms with Gasteiger partial charge in [0.15, 0.2) is 0 Å². The number of aryl methyl sites for hydroxylation is 1. The molecule has 29 heavy (non-hydrogen) atoms. The monoisotopic (exact) mass is 532 g/mol. The summed E-state index contributed by atoms with van der Waals surface area (Å²) < 4.78 is 29.4. The van der Waals surface area contributed by atoms with Crippen LogP contribution < -0.4 is 4.40 Å². The molecule has 0 heterocycles. The molecule has 0 aromatic heterocycles. The van der Waals surface area contributed by atoms with Crippen LogP contribution in [-0.4, -0.2) is 25.8 Å². The van der Waals surface area contributed by atoms with Crippen LogP contribution in [0.25, 0.3) is 0 Å². The Bertz CT molecular complexity index is 1030. The zero-order valence-electron chi connectivity index (χ0n) is 16.9. The zero-order valence-corrected chi connectivity index (χ0v) is 21.4. The van der Waals surface area contributed by atoms with E-state index in [9.17, 15) is 8.42 Å². The van der Waals surface area contributed by atoms with Gasteiger partial charge in [0.05, 0.1) is 0 Å².